The van der Waals surface area contributed by atoms with E-state index in [1.165, 1.54) is 12.8 Å². The van der Waals surface area contributed by atoms with E-state index in [4.69, 9.17) is 23.2 Å². The van der Waals surface area contributed by atoms with Crippen molar-refractivity contribution in [1.82, 2.24) is 5.32 Å². The average Bonchev–Trinajstić information content (AvgIpc) is 3.37. The van der Waals surface area contributed by atoms with Crippen molar-refractivity contribution in [3.63, 3.8) is 0 Å². The molecule has 2 nitrogen and oxygen atoms in total. The topological polar surface area (TPSA) is 32.3 Å². The molecule has 3 rings (SSSR count). The second kappa shape index (κ2) is 6.82. The first-order chi connectivity index (χ1) is 11.0. The summed E-state index contributed by atoms with van der Waals surface area (Å²) >= 11 is 12.1. The first kappa shape index (κ1) is 16.8. The summed E-state index contributed by atoms with van der Waals surface area (Å²) in [5.74, 6) is 0.716. The lowest BCUT2D eigenvalue weighted by Crippen LogP contribution is -2.45. The number of aliphatic hydroxyl groups excluding tert-OH is 1. The normalized spacial score (nSPS) is 18.4. The molecule has 23 heavy (non-hydrogen) atoms. The number of hydrogen-bond donors (Lipinski definition) is 2. The zero-order valence-electron chi connectivity index (χ0n) is 13.1. The average molecular weight is 350 g/mol. The second-order valence-electron chi connectivity index (χ2n) is 6.49. The van der Waals surface area contributed by atoms with Crippen LogP contribution in [0.25, 0.3) is 0 Å². The maximum atomic E-state index is 11.1. The molecule has 0 aliphatic heterocycles. The molecular weight excluding hydrogens is 329 g/mol. The number of benzene rings is 2. The van der Waals surface area contributed by atoms with Crippen molar-refractivity contribution in [2.24, 2.45) is 5.92 Å². The third-order valence-electron chi connectivity index (χ3n) is 4.61. The highest BCUT2D eigenvalue weighted by molar-refractivity contribution is 6.30. The molecule has 0 radical (unpaired) electrons. The van der Waals surface area contributed by atoms with Crippen molar-refractivity contribution in [2.75, 3.05) is 6.54 Å². The monoisotopic (exact) mass is 349 g/mol. The summed E-state index contributed by atoms with van der Waals surface area (Å²) in [4.78, 5) is 0. The number of halogens is 2. The van der Waals surface area contributed by atoms with E-state index in [1.807, 2.05) is 55.5 Å². The molecule has 1 fully saturated rings. The van der Waals surface area contributed by atoms with Crippen LogP contribution in [0.15, 0.2) is 48.5 Å². The van der Waals surface area contributed by atoms with Crippen molar-refractivity contribution >= 4 is 23.2 Å². The summed E-state index contributed by atoms with van der Waals surface area (Å²) in [6.07, 6.45) is 1.81. The lowest BCUT2D eigenvalue weighted by Gasteiger charge is -2.37. The number of rotatable bonds is 6. The lowest BCUT2D eigenvalue weighted by atomic mass is 9.82. The quantitative estimate of drug-likeness (QED) is 0.773. The van der Waals surface area contributed by atoms with Gasteiger partial charge in [-0.1, -0.05) is 47.5 Å². The van der Waals surface area contributed by atoms with Crippen molar-refractivity contribution in [3.8, 4) is 0 Å². The molecular formula is C19H21Cl2NO. The maximum Gasteiger partial charge on any atom is 0.101 e. The van der Waals surface area contributed by atoms with Crippen LogP contribution in [0.2, 0.25) is 10.0 Å². The van der Waals surface area contributed by atoms with Gasteiger partial charge in [-0.05, 0) is 67.6 Å². The van der Waals surface area contributed by atoms with Crippen molar-refractivity contribution in [2.45, 2.75) is 31.4 Å². The maximum absolute atomic E-state index is 11.1. The van der Waals surface area contributed by atoms with Gasteiger partial charge in [0, 0.05) is 10.0 Å². The fourth-order valence-electron chi connectivity index (χ4n) is 2.84. The minimum absolute atomic E-state index is 0.599. The van der Waals surface area contributed by atoms with Gasteiger partial charge in [-0.25, -0.2) is 0 Å². The number of hydrogen-bond acceptors (Lipinski definition) is 2. The van der Waals surface area contributed by atoms with Crippen LogP contribution in [0.5, 0.6) is 0 Å². The Balaban J connectivity index is 1.94. The Bertz CT molecular complexity index is 669. The molecule has 2 atom stereocenters. The summed E-state index contributed by atoms with van der Waals surface area (Å²) in [7, 11) is 0. The van der Waals surface area contributed by atoms with Gasteiger partial charge in [-0.15, -0.1) is 0 Å². The number of nitrogens with one attached hydrogen (secondary N) is 1. The SMILES string of the molecule is CC(NCC1CC1)(c1ccc(Cl)cc1)C(O)c1cccc(Cl)c1. The van der Waals surface area contributed by atoms with Crippen LogP contribution in [0.4, 0.5) is 0 Å². The molecule has 1 aliphatic carbocycles. The molecule has 0 spiro atoms. The molecule has 4 heteroatoms. The van der Waals surface area contributed by atoms with Gasteiger partial charge in [0.1, 0.15) is 6.10 Å². The number of aliphatic hydroxyl groups is 1. The van der Waals surface area contributed by atoms with Crippen molar-refractivity contribution in [1.29, 1.82) is 0 Å². The lowest BCUT2D eigenvalue weighted by molar-refractivity contribution is 0.0666. The van der Waals surface area contributed by atoms with Crippen LogP contribution in [0, 0.1) is 5.92 Å². The zero-order chi connectivity index (χ0) is 16.4. The van der Waals surface area contributed by atoms with Crippen LogP contribution in [0.1, 0.15) is 37.0 Å². The summed E-state index contributed by atoms with van der Waals surface area (Å²) in [5.41, 5.74) is 1.21. The predicted molar refractivity (Wildman–Crippen MR) is 95.9 cm³/mol. The fraction of sp³-hybridized carbons (Fsp3) is 0.368. The Kier molecular flexibility index (Phi) is 4.98. The van der Waals surface area contributed by atoms with Gasteiger partial charge >= 0.3 is 0 Å². The first-order valence-electron chi connectivity index (χ1n) is 7.93. The summed E-state index contributed by atoms with van der Waals surface area (Å²) in [5, 5.41) is 16.0. The molecule has 1 aliphatic rings. The standard InChI is InChI=1S/C19H21Cl2NO/c1-19(22-12-13-5-6-13,15-7-9-16(20)10-8-15)18(23)14-3-2-4-17(21)11-14/h2-4,7-11,13,18,22-23H,5-6,12H2,1H3. The molecule has 0 amide bonds. The highest BCUT2D eigenvalue weighted by Gasteiger charge is 2.37. The molecule has 2 N–H and O–H groups in total. The van der Waals surface area contributed by atoms with Crippen molar-refractivity contribution < 1.29 is 5.11 Å². The van der Waals surface area contributed by atoms with E-state index < -0.39 is 11.6 Å². The van der Waals surface area contributed by atoms with E-state index in [2.05, 4.69) is 5.32 Å². The molecule has 2 aromatic carbocycles. The minimum atomic E-state index is -0.707. The van der Waals surface area contributed by atoms with Gasteiger partial charge in [0.2, 0.25) is 0 Å². The Morgan fingerprint density at radius 3 is 2.43 bits per heavy atom. The Hall–Kier alpha value is -1.06. The van der Waals surface area contributed by atoms with E-state index in [-0.39, 0.29) is 0 Å². The van der Waals surface area contributed by atoms with Gasteiger partial charge in [0.05, 0.1) is 5.54 Å². The molecule has 122 valence electrons. The zero-order valence-corrected chi connectivity index (χ0v) is 14.6. The van der Waals surface area contributed by atoms with Crippen LogP contribution in [-0.2, 0) is 5.54 Å². The van der Waals surface area contributed by atoms with E-state index in [0.717, 1.165) is 17.7 Å². The van der Waals surface area contributed by atoms with Crippen LogP contribution < -0.4 is 5.32 Å². The Labute approximate surface area is 147 Å². The van der Waals surface area contributed by atoms with Gasteiger partial charge in [0.15, 0.2) is 0 Å². The van der Waals surface area contributed by atoms with Crippen molar-refractivity contribution in [3.05, 3.63) is 69.7 Å². The van der Waals surface area contributed by atoms with Gasteiger partial charge in [0.25, 0.3) is 0 Å². The summed E-state index contributed by atoms with van der Waals surface area (Å²) < 4.78 is 0. The van der Waals surface area contributed by atoms with Crippen LogP contribution >= 0.6 is 23.2 Å². The third kappa shape index (κ3) is 3.89. The molecule has 2 unspecified atom stereocenters. The van der Waals surface area contributed by atoms with E-state index in [0.29, 0.717) is 16.0 Å². The Morgan fingerprint density at radius 2 is 1.83 bits per heavy atom. The van der Waals surface area contributed by atoms with E-state index in [9.17, 15) is 5.11 Å². The molecule has 0 saturated heterocycles. The van der Waals surface area contributed by atoms with Gasteiger partial charge in [-0.2, -0.15) is 0 Å². The van der Waals surface area contributed by atoms with Gasteiger partial charge in [-0.3, -0.25) is 0 Å². The molecule has 0 aromatic heterocycles. The summed E-state index contributed by atoms with van der Waals surface area (Å²) in [6.45, 7) is 2.93. The highest BCUT2D eigenvalue weighted by Crippen LogP contribution is 2.38. The van der Waals surface area contributed by atoms with Crippen LogP contribution in [0.3, 0.4) is 0 Å². The van der Waals surface area contributed by atoms with E-state index in [1.54, 1.807) is 0 Å². The Morgan fingerprint density at radius 1 is 1.13 bits per heavy atom. The summed E-state index contributed by atoms with van der Waals surface area (Å²) in [6, 6.07) is 15.1. The largest absolute Gasteiger partial charge is 0.386 e. The highest BCUT2D eigenvalue weighted by atomic mass is 35.5. The predicted octanol–water partition coefficient (Wildman–Crippen LogP) is 4.94. The van der Waals surface area contributed by atoms with E-state index >= 15 is 0 Å². The molecule has 2 aromatic rings. The first-order valence-corrected chi connectivity index (χ1v) is 8.69. The van der Waals surface area contributed by atoms with Crippen LogP contribution in [-0.4, -0.2) is 11.7 Å². The van der Waals surface area contributed by atoms with Gasteiger partial charge < -0.3 is 10.4 Å². The second-order valence-corrected chi connectivity index (χ2v) is 7.36. The molecule has 0 bridgehead atoms. The third-order valence-corrected chi connectivity index (χ3v) is 5.10. The minimum Gasteiger partial charge on any atom is -0.386 e. The molecule has 1 saturated carbocycles. The smallest absolute Gasteiger partial charge is 0.101 e. The molecule has 0 heterocycles. The fourth-order valence-corrected chi connectivity index (χ4v) is 3.17.